The lowest BCUT2D eigenvalue weighted by Crippen LogP contribution is -2.53. The maximum atomic E-state index is 13.1. The van der Waals surface area contributed by atoms with Crippen LogP contribution in [0.2, 0.25) is 0 Å². The van der Waals surface area contributed by atoms with Crippen molar-refractivity contribution < 1.29 is 13.5 Å². The van der Waals surface area contributed by atoms with Gasteiger partial charge in [-0.1, -0.05) is 36.4 Å². The molecule has 7 nitrogen and oxygen atoms in total. The van der Waals surface area contributed by atoms with E-state index in [0.717, 1.165) is 30.9 Å². The third-order valence-corrected chi connectivity index (χ3v) is 7.23. The van der Waals surface area contributed by atoms with Crippen molar-refractivity contribution in [3.63, 3.8) is 0 Å². The second-order valence-electron chi connectivity index (χ2n) is 7.07. The van der Waals surface area contributed by atoms with E-state index in [1.54, 1.807) is 18.2 Å². The molecule has 0 radical (unpaired) electrons. The van der Waals surface area contributed by atoms with Crippen LogP contribution in [0.3, 0.4) is 0 Å². The largest absolute Gasteiger partial charge is 0.396 e. The Morgan fingerprint density at radius 2 is 1.96 bits per heavy atom. The summed E-state index contributed by atoms with van der Waals surface area (Å²) in [5.74, 6) is -0.116. The minimum Gasteiger partial charge on any atom is -0.396 e. The van der Waals surface area contributed by atoms with E-state index < -0.39 is 10.0 Å². The van der Waals surface area contributed by atoms with Crippen LogP contribution in [0.25, 0.3) is 0 Å². The first-order valence-corrected chi connectivity index (χ1v) is 11.4. The van der Waals surface area contributed by atoms with Crippen molar-refractivity contribution in [2.75, 3.05) is 19.7 Å². The molecule has 0 aliphatic carbocycles. The summed E-state index contributed by atoms with van der Waals surface area (Å²) in [5.41, 5.74) is 2.14. The van der Waals surface area contributed by atoms with Gasteiger partial charge in [0.2, 0.25) is 10.0 Å². The SMILES string of the molecule is O=S(=O)(N[C@@H]1CN(Cc2ccccc2)CC[C@H]1CO)c1cccc2c1N=S=N2. The normalized spacial score (nSPS) is 22.0. The number of rotatable bonds is 6. The van der Waals surface area contributed by atoms with Crippen LogP contribution < -0.4 is 4.72 Å². The van der Waals surface area contributed by atoms with E-state index in [0.29, 0.717) is 17.9 Å². The van der Waals surface area contributed by atoms with Crippen molar-refractivity contribution in [1.82, 2.24) is 9.62 Å². The molecule has 2 aliphatic heterocycles. The summed E-state index contributed by atoms with van der Waals surface area (Å²) < 4.78 is 37.2. The fourth-order valence-electron chi connectivity index (χ4n) is 3.67. The molecule has 2 N–H and O–H groups in total. The first kappa shape index (κ1) is 19.4. The molecule has 0 unspecified atom stereocenters. The van der Waals surface area contributed by atoms with Crippen LogP contribution in [0, 0.1) is 5.92 Å². The van der Waals surface area contributed by atoms with Crippen LogP contribution >= 0.6 is 0 Å². The molecule has 148 valence electrons. The highest BCUT2D eigenvalue weighted by atomic mass is 32.2. The van der Waals surface area contributed by atoms with Crippen LogP contribution in [-0.4, -0.2) is 44.2 Å². The van der Waals surface area contributed by atoms with Gasteiger partial charge in [-0.3, -0.25) is 4.90 Å². The van der Waals surface area contributed by atoms with Crippen LogP contribution in [0.15, 0.2) is 62.2 Å². The quantitative estimate of drug-likeness (QED) is 0.643. The number of hydrogen-bond acceptors (Lipinski definition) is 6. The Bertz CT molecular complexity index is 1020. The molecule has 0 amide bonds. The smallest absolute Gasteiger partial charge is 0.243 e. The molecule has 2 aliphatic rings. The summed E-state index contributed by atoms with van der Waals surface area (Å²) in [6, 6.07) is 14.7. The Balaban J connectivity index is 1.53. The fraction of sp³-hybridized carbons (Fsp3) is 0.368. The van der Waals surface area contributed by atoms with Gasteiger partial charge in [-0.25, -0.2) is 13.1 Å². The second kappa shape index (κ2) is 8.22. The number of likely N-dealkylation sites (tertiary alicyclic amines) is 1. The van der Waals surface area contributed by atoms with Crippen molar-refractivity contribution in [3.8, 4) is 0 Å². The molecule has 1 fully saturated rings. The third kappa shape index (κ3) is 4.08. The standard InChI is InChI=1S/C19H22N4O3S2/c24-13-15-9-10-23(11-14-5-2-1-3-6-14)12-17(15)22-28(25,26)18-8-4-7-16-19(18)21-27-20-16/h1-8,15,17,22,24H,9-13H2/t15-,17+/m0/s1. The van der Waals surface area contributed by atoms with Gasteiger partial charge < -0.3 is 5.11 Å². The predicted molar refractivity (Wildman–Crippen MR) is 109 cm³/mol. The maximum absolute atomic E-state index is 13.1. The van der Waals surface area contributed by atoms with E-state index in [2.05, 4.69) is 30.5 Å². The Kier molecular flexibility index (Phi) is 5.70. The average Bonchev–Trinajstić information content (AvgIpc) is 3.17. The summed E-state index contributed by atoms with van der Waals surface area (Å²) in [6.45, 7) is 2.08. The van der Waals surface area contributed by atoms with Gasteiger partial charge in [0.15, 0.2) is 0 Å². The van der Waals surface area contributed by atoms with Gasteiger partial charge in [-0.2, -0.15) is 8.73 Å². The highest BCUT2D eigenvalue weighted by Crippen LogP contribution is 2.37. The molecule has 4 rings (SSSR count). The monoisotopic (exact) mass is 418 g/mol. The molecule has 0 saturated carbocycles. The molecule has 28 heavy (non-hydrogen) atoms. The number of nitrogens with zero attached hydrogens (tertiary/aromatic N) is 3. The zero-order valence-electron chi connectivity index (χ0n) is 15.2. The van der Waals surface area contributed by atoms with E-state index in [4.69, 9.17) is 0 Å². The minimum absolute atomic E-state index is 0.0468. The second-order valence-corrected chi connectivity index (χ2v) is 9.28. The molecule has 0 aromatic heterocycles. The van der Waals surface area contributed by atoms with E-state index in [9.17, 15) is 13.5 Å². The van der Waals surface area contributed by atoms with E-state index in [-0.39, 0.29) is 23.5 Å². The molecule has 2 aromatic carbocycles. The first-order valence-electron chi connectivity index (χ1n) is 9.17. The van der Waals surface area contributed by atoms with Crippen molar-refractivity contribution in [2.45, 2.75) is 23.9 Å². The summed E-state index contributed by atoms with van der Waals surface area (Å²) in [7, 11) is -3.78. The minimum atomic E-state index is -3.78. The summed E-state index contributed by atoms with van der Waals surface area (Å²) in [4.78, 5) is 2.36. The highest BCUT2D eigenvalue weighted by Gasteiger charge is 2.33. The summed E-state index contributed by atoms with van der Waals surface area (Å²) in [6.07, 6.45) is 0.735. The number of benzene rings is 2. The van der Waals surface area contributed by atoms with Crippen LogP contribution in [0.5, 0.6) is 0 Å². The van der Waals surface area contributed by atoms with Crippen LogP contribution in [0.4, 0.5) is 11.4 Å². The lowest BCUT2D eigenvalue weighted by Gasteiger charge is -2.38. The van der Waals surface area contributed by atoms with Crippen molar-refractivity contribution >= 4 is 32.8 Å². The molecule has 0 spiro atoms. The number of hydrogen-bond donors (Lipinski definition) is 2. The first-order chi connectivity index (χ1) is 13.6. The van der Waals surface area contributed by atoms with Crippen molar-refractivity contribution in [2.24, 2.45) is 14.6 Å². The third-order valence-electron chi connectivity index (χ3n) is 5.17. The topological polar surface area (TPSA) is 94.4 Å². The van der Waals surface area contributed by atoms with Gasteiger partial charge in [0.05, 0.1) is 11.4 Å². The number of piperidine rings is 1. The molecule has 2 aromatic rings. The highest BCUT2D eigenvalue weighted by molar-refractivity contribution is 7.89. The summed E-state index contributed by atoms with van der Waals surface area (Å²) in [5, 5.41) is 9.77. The Morgan fingerprint density at radius 3 is 2.75 bits per heavy atom. The number of nitrogens with one attached hydrogen (secondary N) is 1. The zero-order valence-corrected chi connectivity index (χ0v) is 16.9. The van der Waals surface area contributed by atoms with Crippen molar-refractivity contribution in [3.05, 3.63) is 54.1 Å². The molecule has 9 heteroatoms. The maximum Gasteiger partial charge on any atom is 0.243 e. The van der Waals surface area contributed by atoms with E-state index in [1.807, 2.05) is 18.2 Å². The van der Waals surface area contributed by atoms with Crippen molar-refractivity contribution in [1.29, 1.82) is 0 Å². The van der Waals surface area contributed by atoms with Gasteiger partial charge in [-0.05, 0) is 30.7 Å². The number of sulfonamides is 1. The van der Waals surface area contributed by atoms with Gasteiger partial charge >= 0.3 is 0 Å². The zero-order chi connectivity index (χ0) is 19.6. The number of fused-ring (bicyclic) bond motifs is 1. The van der Waals surface area contributed by atoms with Crippen LogP contribution in [-0.2, 0) is 27.9 Å². The molecule has 0 bridgehead atoms. The van der Waals surface area contributed by atoms with Crippen LogP contribution in [0.1, 0.15) is 12.0 Å². The molecular formula is C19H22N4O3S2. The fourth-order valence-corrected chi connectivity index (χ4v) is 5.73. The van der Waals surface area contributed by atoms with E-state index >= 15 is 0 Å². The molecule has 2 heterocycles. The molecular weight excluding hydrogens is 396 g/mol. The predicted octanol–water partition coefficient (Wildman–Crippen LogP) is 2.57. The molecule has 1 saturated heterocycles. The van der Waals surface area contributed by atoms with Gasteiger partial charge in [0.25, 0.3) is 0 Å². The lowest BCUT2D eigenvalue weighted by molar-refractivity contribution is 0.101. The molecule has 2 atom stereocenters. The number of aliphatic hydroxyl groups excluding tert-OH is 1. The Labute approximate surface area is 168 Å². The Hall–Kier alpha value is -1.91. The average molecular weight is 419 g/mol. The summed E-state index contributed by atoms with van der Waals surface area (Å²) >= 11 is 0.995. The number of aliphatic hydroxyl groups is 1. The van der Waals surface area contributed by atoms with Gasteiger partial charge in [0, 0.05) is 31.7 Å². The van der Waals surface area contributed by atoms with Gasteiger partial charge in [0.1, 0.15) is 16.3 Å². The lowest BCUT2D eigenvalue weighted by atomic mass is 9.93. The van der Waals surface area contributed by atoms with Gasteiger partial charge in [-0.15, -0.1) is 0 Å². The van der Waals surface area contributed by atoms with E-state index in [1.165, 1.54) is 5.56 Å². The Morgan fingerprint density at radius 1 is 1.14 bits per heavy atom.